The molecular weight excluding hydrogens is 176 g/mol. The third kappa shape index (κ3) is 2.35. The predicted molar refractivity (Wildman–Crippen MR) is 57.8 cm³/mol. The summed E-state index contributed by atoms with van der Waals surface area (Å²) in [6, 6.07) is 0.140. The first kappa shape index (κ1) is 11.2. The summed E-state index contributed by atoms with van der Waals surface area (Å²) in [5, 5.41) is 0. The third-order valence-electron chi connectivity index (χ3n) is 2.64. The van der Waals surface area contributed by atoms with Crippen LogP contribution in [0.2, 0.25) is 0 Å². The topological polar surface area (TPSA) is 46.3 Å². The standard InChI is InChI=1S/C11H20N2O/c1-8(2)6-11(14)13-5-4-9(3)10(13)7-12/h4,8,10H,5-7,12H2,1-3H3. The van der Waals surface area contributed by atoms with Gasteiger partial charge >= 0.3 is 0 Å². The van der Waals surface area contributed by atoms with Crippen LogP contribution >= 0.6 is 0 Å². The van der Waals surface area contributed by atoms with E-state index in [2.05, 4.69) is 19.9 Å². The molecule has 0 fully saturated rings. The molecule has 14 heavy (non-hydrogen) atoms. The molecule has 2 N–H and O–H groups in total. The van der Waals surface area contributed by atoms with Gasteiger partial charge in [-0.2, -0.15) is 0 Å². The third-order valence-corrected chi connectivity index (χ3v) is 2.64. The van der Waals surface area contributed by atoms with Crippen molar-refractivity contribution in [3.05, 3.63) is 11.6 Å². The minimum Gasteiger partial charge on any atom is -0.331 e. The lowest BCUT2D eigenvalue weighted by Gasteiger charge is -2.26. The smallest absolute Gasteiger partial charge is 0.223 e. The van der Waals surface area contributed by atoms with Gasteiger partial charge in [0.05, 0.1) is 6.04 Å². The summed E-state index contributed by atoms with van der Waals surface area (Å²) in [5.41, 5.74) is 6.87. The molecular formula is C11H20N2O. The molecule has 0 radical (unpaired) electrons. The normalized spacial score (nSPS) is 21.6. The van der Waals surface area contributed by atoms with Gasteiger partial charge in [0.25, 0.3) is 0 Å². The summed E-state index contributed by atoms with van der Waals surface area (Å²) in [6.45, 7) is 7.43. The second-order valence-corrected chi connectivity index (χ2v) is 4.34. The Morgan fingerprint density at radius 1 is 1.71 bits per heavy atom. The van der Waals surface area contributed by atoms with Gasteiger partial charge < -0.3 is 10.6 Å². The Balaban J connectivity index is 2.58. The Morgan fingerprint density at radius 2 is 2.36 bits per heavy atom. The van der Waals surface area contributed by atoms with E-state index >= 15 is 0 Å². The fourth-order valence-corrected chi connectivity index (χ4v) is 1.81. The first-order chi connectivity index (χ1) is 6.56. The van der Waals surface area contributed by atoms with Gasteiger partial charge in [0.2, 0.25) is 5.91 Å². The number of carbonyl (C=O) groups excluding carboxylic acids is 1. The van der Waals surface area contributed by atoms with Gasteiger partial charge in [-0.15, -0.1) is 0 Å². The zero-order chi connectivity index (χ0) is 10.7. The summed E-state index contributed by atoms with van der Waals surface area (Å²) < 4.78 is 0. The Morgan fingerprint density at radius 3 is 2.86 bits per heavy atom. The summed E-state index contributed by atoms with van der Waals surface area (Å²) in [6.07, 6.45) is 2.72. The van der Waals surface area contributed by atoms with Crippen LogP contribution in [-0.2, 0) is 4.79 Å². The average molecular weight is 196 g/mol. The maximum Gasteiger partial charge on any atom is 0.223 e. The molecule has 3 nitrogen and oxygen atoms in total. The molecule has 0 bridgehead atoms. The molecule has 3 heteroatoms. The number of rotatable bonds is 3. The van der Waals surface area contributed by atoms with E-state index in [1.54, 1.807) is 0 Å². The highest BCUT2D eigenvalue weighted by Crippen LogP contribution is 2.19. The van der Waals surface area contributed by atoms with E-state index in [-0.39, 0.29) is 11.9 Å². The van der Waals surface area contributed by atoms with Crippen molar-refractivity contribution in [2.24, 2.45) is 11.7 Å². The van der Waals surface area contributed by atoms with Crippen LogP contribution in [-0.4, -0.2) is 29.9 Å². The van der Waals surface area contributed by atoms with Gasteiger partial charge in [0.1, 0.15) is 0 Å². The monoisotopic (exact) mass is 196 g/mol. The molecule has 0 aromatic heterocycles. The number of nitrogens with zero attached hydrogens (tertiary/aromatic N) is 1. The van der Waals surface area contributed by atoms with Crippen LogP contribution in [0.1, 0.15) is 27.2 Å². The zero-order valence-corrected chi connectivity index (χ0v) is 9.29. The van der Waals surface area contributed by atoms with Crippen molar-refractivity contribution in [1.82, 2.24) is 4.90 Å². The van der Waals surface area contributed by atoms with E-state index in [1.165, 1.54) is 5.57 Å². The van der Waals surface area contributed by atoms with E-state index in [1.807, 2.05) is 11.8 Å². The number of hydrogen-bond donors (Lipinski definition) is 1. The molecule has 1 atom stereocenters. The van der Waals surface area contributed by atoms with Crippen molar-refractivity contribution in [1.29, 1.82) is 0 Å². The van der Waals surface area contributed by atoms with Gasteiger partial charge in [-0.05, 0) is 12.8 Å². The van der Waals surface area contributed by atoms with Crippen LogP contribution in [0.3, 0.4) is 0 Å². The fourth-order valence-electron chi connectivity index (χ4n) is 1.81. The second-order valence-electron chi connectivity index (χ2n) is 4.34. The van der Waals surface area contributed by atoms with E-state index in [4.69, 9.17) is 5.73 Å². The molecule has 0 aliphatic carbocycles. The maximum atomic E-state index is 11.8. The molecule has 0 aromatic carbocycles. The van der Waals surface area contributed by atoms with Crippen molar-refractivity contribution in [3.8, 4) is 0 Å². The van der Waals surface area contributed by atoms with E-state index in [0.29, 0.717) is 18.9 Å². The summed E-state index contributed by atoms with van der Waals surface area (Å²) >= 11 is 0. The molecule has 1 unspecified atom stereocenters. The lowest BCUT2D eigenvalue weighted by molar-refractivity contribution is -0.132. The first-order valence-corrected chi connectivity index (χ1v) is 5.22. The number of carbonyl (C=O) groups is 1. The summed E-state index contributed by atoms with van der Waals surface area (Å²) in [5.74, 6) is 0.644. The molecule has 1 rings (SSSR count). The van der Waals surface area contributed by atoms with E-state index < -0.39 is 0 Å². The summed E-state index contributed by atoms with van der Waals surface area (Å²) in [4.78, 5) is 13.7. The minimum absolute atomic E-state index is 0.140. The van der Waals surface area contributed by atoms with Crippen molar-refractivity contribution in [2.75, 3.05) is 13.1 Å². The lowest BCUT2D eigenvalue weighted by atomic mass is 10.1. The van der Waals surface area contributed by atoms with Crippen LogP contribution < -0.4 is 5.73 Å². The average Bonchev–Trinajstić information content (AvgIpc) is 2.45. The quantitative estimate of drug-likeness (QED) is 0.688. The highest BCUT2D eigenvalue weighted by molar-refractivity contribution is 5.78. The predicted octanol–water partition coefficient (Wildman–Crippen LogP) is 1.15. The number of hydrogen-bond acceptors (Lipinski definition) is 2. The van der Waals surface area contributed by atoms with Gasteiger partial charge in [-0.25, -0.2) is 0 Å². The van der Waals surface area contributed by atoms with Crippen LogP contribution in [0.4, 0.5) is 0 Å². The van der Waals surface area contributed by atoms with E-state index in [9.17, 15) is 4.79 Å². The van der Waals surface area contributed by atoms with Crippen LogP contribution in [0.15, 0.2) is 11.6 Å². The molecule has 1 aliphatic rings. The van der Waals surface area contributed by atoms with Gasteiger partial charge in [0.15, 0.2) is 0 Å². The molecule has 0 saturated carbocycles. The fraction of sp³-hybridized carbons (Fsp3) is 0.727. The van der Waals surface area contributed by atoms with Crippen molar-refractivity contribution in [2.45, 2.75) is 33.2 Å². The Labute approximate surface area is 86.0 Å². The first-order valence-electron chi connectivity index (χ1n) is 5.22. The Hall–Kier alpha value is -0.830. The van der Waals surface area contributed by atoms with Crippen LogP contribution in [0.25, 0.3) is 0 Å². The molecule has 1 amide bonds. The second kappa shape index (κ2) is 4.60. The van der Waals surface area contributed by atoms with Gasteiger partial charge in [0, 0.05) is 19.5 Å². The highest BCUT2D eigenvalue weighted by atomic mass is 16.2. The lowest BCUT2D eigenvalue weighted by Crippen LogP contribution is -2.42. The van der Waals surface area contributed by atoms with Gasteiger partial charge in [-0.1, -0.05) is 25.5 Å². The molecule has 1 aliphatic heterocycles. The molecule has 0 spiro atoms. The van der Waals surface area contributed by atoms with Gasteiger partial charge in [-0.3, -0.25) is 4.79 Å². The highest BCUT2D eigenvalue weighted by Gasteiger charge is 2.27. The van der Waals surface area contributed by atoms with E-state index in [0.717, 1.165) is 6.54 Å². The Kier molecular flexibility index (Phi) is 3.69. The van der Waals surface area contributed by atoms with Crippen molar-refractivity contribution in [3.63, 3.8) is 0 Å². The number of nitrogens with two attached hydrogens (primary N) is 1. The van der Waals surface area contributed by atoms with Crippen LogP contribution in [0, 0.1) is 5.92 Å². The largest absolute Gasteiger partial charge is 0.331 e. The summed E-state index contributed by atoms with van der Waals surface area (Å²) in [7, 11) is 0. The minimum atomic E-state index is 0.140. The molecule has 0 saturated heterocycles. The zero-order valence-electron chi connectivity index (χ0n) is 9.29. The molecule has 1 heterocycles. The Bertz CT molecular complexity index is 246. The maximum absolute atomic E-state index is 11.8. The van der Waals surface area contributed by atoms with Crippen LogP contribution in [0.5, 0.6) is 0 Å². The van der Waals surface area contributed by atoms with Crippen molar-refractivity contribution < 1.29 is 4.79 Å². The molecule has 80 valence electrons. The molecule has 0 aromatic rings. The number of amides is 1. The van der Waals surface area contributed by atoms with Crippen molar-refractivity contribution >= 4 is 5.91 Å². The SMILES string of the molecule is CC1=CCN(C(=O)CC(C)C)C1CN.